The summed E-state index contributed by atoms with van der Waals surface area (Å²) in [6.45, 7) is 2.27. The van der Waals surface area contributed by atoms with E-state index in [1.54, 1.807) is 0 Å². The zero-order chi connectivity index (χ0) is 15.5. The predicted molar refractivity (Wildman–Crippen MR) is 94.2 cm³/mol. The van der Waals surface area contributed by atoms with Gasteiger partial charge in [-0.1, -0.05) is 62.1 Å². The van der Waals surface area contributed by atoms with Crippen LogP contribution in [-0.2, 0) is 4.74 Å². The van der Waals surface area contributed by atoms with Crippen LogP contribution in [0.25, 0.3) is 0 Å². The first-order chi connectivity index (χ1) is 10.9. The van der Waals surface area contributed by atoms with Gasteiger partial charge >= 0.3 is 0 Å². The molecule has 3 rings (SSSR count). The SMILES string of the molecule is CN1CCCCC1CCOC1CCCCC1.c1ccccc1. The molecule has 1 heterocycles. The van der Waals surface area contributed by atoms with Crippen LogP contribution in [0.4, 0.5) is 0 Å². The molecule has 0 N–H and O–H groups in total. The summed E-state index contributed by atoms with van der Waals surface area (Å²) in [4.78, 5) is 2.52. The minimum atomic E-state index is 0.586. The molecule has 0 bridgehead atoms. The Kier molecular flexibility index (Phi) is 8.59. The third-order valence-electron chi connectivity index (χ3n) is 4.95. The summed E-state index contributed by atoms with van der Waals surface area (Å²) in [6.07, 6.45) is 12.8. The molecular formula is C20H33NO. The Labute approximate surface area is 136 Å². The molecule has 2 fully saturated rings. The standard InChI is InChI=1S/C14H27NO.C6H6/c1-15-11-6-5-7-13(15)10-12-16-14-8-3-2-4-9-14;1-2-4-6-5-3-1/h13-14H,2-12H2,1H3;1-6H. The van der Waals surface area contributed by atoms with Crippen molar-refractivity contribution < 1.29 is 4.74 Å². The molecule has 1 saturated heterocycles. The van der Waals surface area contributed by atoms with Crippen molar-refractivity contribution in [2.24, 2.45) is 0 Å². The zero-order valence-corrected chi connectivity index (χ0v) is 14.3. The zero-order valence-electron chi connectivity index (χ0n) is 14.3. The van der Waals surface area contributed by atoms with E-state index in [9.17, 15) is 0 Å². The van der Waals surface area contributed by atoms with Crippen LogP contribution < -0.4 is 0 Å². The number of rotatable bonds is 4. The molecule has 0 radical (unpaired) electrons. The molecule has 1 aromatic carbocycles. The second-order valence-corrected chi connectivity index (χ2v) is 6.70. The molecule has 1 aliphatic heterocycles. The van der Waals surface area contributed by atoms with Crippen LogP contribution in [0.2, 0.25) is 0 Å². The summed E-state index contributed by atoms with van der Waals surface area (Å²) in [5.74, 6) is 0. The van der Waals surface area contributed by atoms with Gasteiger partial charge in [0.15, 0.2) is 0 Å². The lowest BCUT2D eigenvalue weighted by Gasteiger charge is -2.33. The van der Waals surface area contributed by atoms with Crippen LogP contribution in [0.3, 0.4) is 0 Å². The Bertz CT molecular complexity index is 335. The van der Waals surface area contributed by atoms with Gasteiger partial charge in [0, 0.05) is 12.6 Å². The Hall–Kier alpha value is -0.860. The molecule has 1 aliphatic carbocycles. The van der Waals surface area contributed by atoms with E-state index >= 15 is 0 Å². The summed E-state index contributed by atoms with van der Waals surface area (Å²) < 4.78 is 6.01. The van der Waals surface area contributed by atoms with Gasteiger partial charge in [0.2, 0.25) is 0 Å². The first-order valence-corrected chi connectivity index (χ1v) is 9.18. The highest BCUT2D eigenvalue weighted by Crippen LogP contribution is 2.22. The lowest BCUT2D eigenvalue weighted by atomic mass is 9.97. The second-order valence-electron chi connectivity index (χ2n) is 6.70. The van der Waals surface area contributed by atoms with Crippen LogP contribution >= 0.6 is 0 Å². The van der Waals surface area contributed by atoms with Gasteiger partial charge in [-0.15, -0.1) is 0 Å². The summed E-state index contributed by atoms with van der Waals surface area (Å²) in [7, 11) is 2.27. The van der Waals surface area contributed by atoms with Crippen molar-refractivity contribution >= 4 is 0 Å². The molecular weight excluding hydrogens is 270 g/mol. The van der Waals surface area contributed by atoms with Gasteiger partial charge in [-0.2, -0.15) is 0 Å². The Balaban J connectivity index is 0.000000246. The van der Waals surface area contributed by atoms with Crippen LogP contribution in [0.5, 0.6) is 0 Å². The van der Waals surface area contributed by atoms with Gasteiger partial charge < -0.3 is 9.64 Å². The lowest BCUT2D eigenvalue weighted by Crippen LogP contribution is -2.37. The molecule has 1 aromatic rings. The fraction of sp³-hybridized carbons (Fsp3) is 0.700. The molecule has 2 heteroatoms. The average molecular weight is 303 g/mol. The highest BCUT2D eigenvalue weighted by Gasteiger charge is 2.19. The van der Waals surface area contributed by atoms with E-state index in [1.807, 2.05) is 36.4 Å². The molecule has 1 unspecified atom stereocenters. The van der Waals surface area contributed by atoms with E-state index in [1.165, 1.54) is 64.3 Å². The summed E-state index contributed by atoms with van der Waals surface area (Å²) in [5, 5.41) is 0. The Morgan fingerprint density at radius 3 is 2.00 bits per heavy atom. The molecule has 124 valence electrons. The first-order valence-electron chi connectivity index (χ1n) is 9.18. The van der Waals surface area contributed by atoms with Crippen LogP contribution in [0.15, 0.2) is 36.4 Å². The maximum Gasteiger partial charge on any atom is 0.0575 e. The van der Waals surface area contributed by atoms with E-state index in [2.05, 4.69) is 11.9 Å². The molecule has 1 atom stereocenters. The average Bonchev–Trinajstić information content (AvgIpc) is 2.60. The number of hydrogen-bond acceptors (Lipinski definition) is 2. The first kappa shape index (κ1) is 17.5. The quantitative estimate of drug-likeness (QED) is 0.784. The fourth-order valence-corrected chi connectivity index (χ4v) is 3.50. The second kappa shape index (κ2) is 10.8. The van der Waals surface area contributed by atoms with Crippen molar-refractivity contribution in [2.45, 2.75) is 69.9 Å². The van der Waals surface area contributed by atoms with E-state index < -0.39 is 0 Å². The summed E-state index contributed by atoms with van der Waals surface area (Å²) in [5.41, 5.74) is 0. The smallest absolute Gasteiger partial charge is 0.0575 e. The third-order valence-corrected chi connectivity index (χ3v) is 4.95. The number of ether oxygens (including phenoxy) is 1. The van der Waals surface area contributed by atoms with Gasteiger partial charge in [0.1, 0.15) is 0 Å². The van der Waals surface area contributed by atoms with Crippen LogP contribution in [0, 0.1) is 0 Å². The number of benzene rings is 1. The maximum atomic E-state index is 6.01. The van der Waals surface area contributed by atoms with Gasteiger partial charge in [-0.25, -0.2) is 0 Å². The summed E-state index contributed by atoms with van der Waals surface area (Å²) in [6, 6.07) is 12.8. The van der Waals surface area contributed by atoms with Crippen molar-refractivity contribution in [3.05, 3.63) is 36.4 Å². The molecule has 0 spiro atoms. The number of piperidine rings is 1. The minimum absolute atomic E-state index is 0.586. The number of hydrogen-bond donors (Lipinski definition) is 0. The Morgan fingerprint density at radius 1 is 0.818 bits per heavy atom. The van der Waals surface area contributed by atoms with Crippen LogP contribution in [0.1, 0.15) is 57.8 Å². The monoisotopic (exact) mass is 303 g/mol. The lowest BCUT2D eigenvalue weighted by molar-refractivity contribution is 0.0139. The highest BCUT2D eigenvalue weighted by molar-refractivity contribution is 4.99. The van der Waals surface area contributed by atoms with Crippen molar-refractivity contribution in [3.8, 4) is 0 Å². The van der Waals surface area contributed by atoms with E-state index in [-0.39, 0.29) is 0 Å². The van der Waals surface area contributed by atoms with E-state index in [0.717, 1.165) is 12.6 Å². The third kappa shape index (κ3) is 6.93. The van der Waals surface area contributed by atoms with Gasteiger partial charge in [-0.05, 0) is 45.7 Å². The van der Waals surface area contributed by atoms with Crippen molar-refractivity contribution in [2.75, 3.05) is 20.2 Å². The van der Waals surface area contributed by atoms with Crippen LogP contribution in [-0.4, -0.2) is 37.2 Å². The maximum absolute atomic E-state index is 6.01. The molecule has 2 nitrogen and oxygen atoms in total. The van der Waals surface area contributed by atoms with Gasteiger partial charge in [0.05, 0.1) is 6.10 Å². The van der Waals surface area contributed by atoms with Crippen molar-refractivity contribution in [1.82, 2.24) is 4.90 Å². The minimum Gasteiger partial charge on any atom is -0.378 e. The van der Waals surface area contributed by atoms with Crippen molar-refractivity contribution in [3.63, 3.8) is 0 Å². The largest absolute Gasteiger partial charge is 0.378 e. The topological polar surface area (TPSA) is 12.5 Å². The predicted octanol–water partition coefficient (Wildman–Crippen LogP) is 4.90. The normalized spacial score (nSPS) is 23.6. The number of nitrogens with zero attached hydrogens (tertiary/aromatic N) is 1. The molecule has 22 heavy (non-hydrogen) atoms. The Morgan fingerprint density at radius 2 is 1.41 bits per heavy atom. The molecule has 0 aromatic heterocycles. The highest BCUT2D eigenvalue weighted by atomic mass is 16.5. The molecule has 0 amide bonds. The number of likely N-dealkylation sites (tertiary alicyclic amines) is 1. The van der Waals surface area contributed by atoms with Gasteiger partial charge in [-0.3, -0.25) is 0 Å². The molecule has 2 aliphatic rings. The van der Waals surface area contributed by atoms with Gasteiger partial charge in [0.25, 0.3) is 0 Å². The summed E-state index contributed by atoms with van der Waals surface area (Å²) >= 11 is 0. The van der Waals surface area contributed by atoms with E-state index in [4.69, 9.17) is 4.74 Å². The molecule has 1 saturated carbocycles. The van der Waals surface area contributed by atoms with Crippen molar-refractivity contribution in [1.29, 1.82) is 0 Å². The van der Waals surface area contributed by atoms with E-state index in [0.29, 0.717) is 6.10 Å². The fourth-order valence-electron chi connectivity index (χ4n) is 3.50.